The molecule has 2 aromatic heterocycles. The predicted molar refractivity (Wildman–Crippen MR) is 64.0 cm³/mol. The molecule has 0 unspecified atom stereocenters. The van der Waals surface area contributed by atoms with E-state index in [2.05, 4.69) is 5.10 Å². The zero-order chi connectivity index (χ0) is 12.1. The highest BCUT2D eigenvalue weighted by Gasteiger charge is 2.22. The summed E-state index contributed by atoms with van der Waals surface area (Å²) >= 11 is 1.20. The Kier molecular flexibility index (Phi) is 2.20. The number of rotatable bonds is 1. The van der Waals surface area contributed by atoms with Gasteiger partial charge in [0.05, 0.1) is 10.9 Å². The Bertz CT molecular complexity index is 562. The van der Waals surface area contributed by atoms with Gasteiger partial charge >= 0.3 is 5.97 Å². The standard InChI is InChI=1S/C10H13N3O2S/c1-10(2,3)13-8-5(7(11)12-13)4-6(16-8)9(14)15/h4H,1-3H3,(H2,11,12)(H,14,15). The van der Waals surface area contributed by atoms with Crippen LogP contribution in [-0.4, -0.2) is 20.9 Å². The molecule has 0 atom stereocenters. The molecule has 0 aliphatic rings. The van der Waals surface area contributed by atoms with E-state index in [4.69, 9.17) is 10.8 Å². The molecule has 0 fully saturated rings. The normalized spacial score (nSPS) is 12.2. The van der Waals surface area contributed by atoms with Crippen LogP contribution >= 0.6 is 11.3 Å². The number of aromatic carboxylic acids is 1. The van der Waals surface area contributed by atoms with Gasteiger partial charge in [-0.3, -0.25) is 0 Å². The summed E-state index contributed by atoms with van der Waals surface area (Å²) in [7, 11) is 0. The Labute approximate surface area is 96.5 Å². The number of carbonyl (C=O) groups is 1. The van der Waals surface area contributed by atoms with Crippen LogP contribution in [0.2, 0.25) is 0 Å². The van der Waals surface area contributed by atoms with Crippen LogP contribution in [0.3, 0.4) is 0 Å². The van der Waals surface area contributed by atoms with Crippen molar-refractivity contribution in [2.75, 3.05) is 5.73 Å². The summed E-state index contributed by atoms with van der Waals surface area (Å²) in [6.07, 6.45) is 0. The molecule has 3 N–H and O–H groups in total. The molecule has 0 spiro atoms. The van der Waals surface area contributed by atoms with Gasteiger partial charge in [0.1, 0.15) is 9.71 Å². The molecule has 5 nitrogen and oxygen atoms in total. The highest BCUT2D eigenvalue weighted by Crippen LogP contribution is 2.33. The van der Waals surface area contributed by atoms with E-state index in [1.165, 1.54) is 11.3 Å². The molecule has 0 aliphatic carbocycles. The maximum absolute atomic E-state index is 10.9. The molecule has 2 aromatic rings. The average molecular weight is 239 g/mol. The van der Waals surface area contributed by atoms with Gasteiger partial charge < -0.3 is 10.8 Å². The Morgan fingerprint density at radius 3 is 2.69 bits per heavy atom. The van der Waals surface area contributed by atoms with Crippen molar-refractivity contribution >= 4 is 33.3 Å². The van der Waals surface area contributed by atoms with Crippen molar-refractivity contribution in [3.63, 3.8) is 0 Å². The van der Waals surface area contributed by atoms with Crippen molar-refractivity contribution < 1.29 is 9.90 Å². The first-order chi connectivity index (χ1) is 7.30. The van der Waals surface area contributed by atoms with Crippen LogP contribution in [-0.2, 0) is 5.54 Å². The summed E-state index contributed by atoms with van der Waals surface area (Å²) in [4.78, 5) is 12.0. The molecule has 16 heavy (non-hydrogen) atoms. The number of nitrogens with two attached hydrogens (primary N) is 1. The lowest BCUT2D eigenvalue weighted by Crippen LogP contribution is -2.22. The van der Waals surface area contributed by atoms with Gasteiger partial charge in [-0.1, -0.05) is 0 Å². The van der Waals surface area contributed by atoms with Crippen molar-refractivity contribution in [2.45, 2.75) is 26.3 Å². The highest BCUT2D eigenvalue weighted by atomic mass is 32.1. The molecule has 0 radical (unpaired) electrons. The first kappa shape index (κ1) is 10.9. The minimum absolute atomic E-state index is 0.212. The summed E-state index contributed by atoms with van der Waals surface area (Å²) in [6.45, 7) is 6.00. The van der Waals surface area contributed by atoms with E-state index in [0.717, 1.165) is 10.2 Å². The molecule has 0 saturated heterocycles. The van der Waals surface area contributed by atoms with Crippen molar-refractivity contribution in [3.8, 4) is 0 Å². The van der Waals surface area contributed by atoms with Crippen molar-refractivity contribution in [1.29, 1.82) is 0 Å². The topological polar surface area (TPSA) is 81.1 Å². The van der Waals surface area contributed by atoms with E-state index < -0.39 is 5.97 Å². The van der Waals surface area contributed by atoms with Crippen LogP contribution < -0.4 is 5.73 Å². The Balaban J connectivity index is 2.73. The van der Waals surface area contributed by atoms with Gasteiger partial charge in [0.2, 0.25) is 0 Å². The number of hydrogen-bond acceptors (Lipinski definition) is 4. The first-order valence-electron chi connectivity index (χ1n) is 4.82. The third-order valence-corrected chi connectivity index (χ3v) is 3.33. The third-order valence-electron chi connectivity index (χ3n) is 2.23. The molecular formula is C10H13N3O2S. The van der Waals surface area contributed by atoms with E-state index in [1.807, 2.05) is 20.8 Å². The van der Waals surface area contributed by atoms with Gasteiger partial charge in [0.15, 0.2) is 5.82 Å². The molecule has 0 bridgehead atoms. The number of anilines is 1. The zero-order valence-electron chi connectivity index (χ0n) is 9.31. The number of hydrogen-bond donors (Lipinski definition) is 2. The number of nitrogens with zero attached hydrogens (tertiary/aromatic N) is 2. The number of nitrogen functional groups attached to an aromatic ring is 1. The second kappa shape index (κ2) is 3.21. The first-order valence-corrected chi connectivity index (χ1v) is 5.64. The summed E-state index contributed by atoms with van der Waals surface area (Å²) in [6, 6.07) is 1.58. The fourth-order valence-corrected chi connectivity index (χ4v) is 2.64. The van der Waals surface area contributed by atoms with Gasteiger partial charge in [-0.15, -0.1) is 11.3 Å². The molecule has 0 aliphatic heterocycles. The van der Waals surface area contributed by atoms with E-state index in [9.17, 15) is 4.79 Å². The maximum atomic E-state index is 10.9. The summed E-state index contributed by atoms with van der Waals surface area (Å²) in [5, 5.41) is 13.9. The average Bonchev–Trinajstić information content (AvgIpc) is 2.65. The van der Waals surface area contributed by atoms with Crippen LogP contribution in [0.1, 0.15) is 30.4 Å². The third kappa shape index (κ3) is 1.55. The number of aromatic nitrogens is 2. The Morgan fingerprint density at radius 1 is 1.56 bits per heavy atom. The highest BCUT2D eigenvalue weighted by molar-refractivity contribution is 7.20. The predicted octanol–water partition coefficient (Wildman–Crippen LogP) is 2.13. The number of carboxylic acids is 1. The number of fused-ring (bicyclic) bond motifs is 1. The minimum Gasteiger partial charge on any atom is -0.477 e. The number of thiophene rings is 1. The zero-order valence-corrected chi connectivity index (χ0v) is 10.1. The van der Waals surface area contributed by atoms with Gasteiger partial charge in [-0.25, -0.2) is 9.48 Å². The number of carboxylic acid groups (broad SMARTS) is 1. The minimum atomic E-state index is -0.930. The lowest BCUT2D eigenvalue weighted by molar-refractivity contribution is 0.0702. The molecule has 0 amide bonds. The van der Waals surface area contributed by atoms with Crippen LogP contribution in [0.25, 0.3) is 10.2 Å². The van der Waals surface area contributed by atoms with Crippen LogP contribution in [0, 0.1) is 0 Å². The van der Waals surface area contributed by atoms with Crippen LogP contribution in [0.15, 0.2) is 6.07 Å². The lowest BCUT2D eigenvalue weighted by Gasteiger charge is -2.19. The largest absolute Gasteiger partial charge is 0.477 e. The molecule has 2 heterocycles. The molecule has 0 saturated carbocycles. The van der Waals surface area contributed by atoms with Crippen LogP contribution in [0.4, 0.5) is 5.82 Å². The fraction of sp³-hybridized carbons (Fsp3) is 0.400. The Hall–Kier alpha value is -1.56. The molecule has 6 heteroatoms. The molecule has 86 valence electrons. The van der Waals surface area contributed by atoms with Gasteiger partial charge in [-0.05, 0) is 26.8 Å². The quantitative estimate of drug-likeness (QED) is 0.798. The van der Waals surface area contributed by atoms with E-state index >= 15 is 0 Å². The van der Waals surface area contributed by atoms with E-state index in [1.54, 1.807) is 10.7 Å². The summed E-state index contributed by atoms with van der Waals surface area (Å²) in [5.41, 5.74) is 5.56. The fourth-order valence-electron chi connectivity index (χ4n) is 1.49. The van der Waals surface area contributed by atoms with Gasteiger partial charge in [0.25, 0.3) is 0 Å². The van der Waals surface area contributed by atoms with Gasteiger partial charge in [-0.2, -0.15) is 5.10 Å². The lowest BCUT2D eigenvalue weighted by atomic mass is 10.1. The molecule has 0 aromatic carbocycles. The summed E-state index contributed by atoms with van der Waals surface area (Å²) in [5.74, 6) is -0.547. The second-order valence-corrected chi connectivity index (χ2v) is 5.63. The SMILES string of the molecule is CC(C)(C)n1nc(N)c2cc(C(=O)O)sc21. The smallest absolute Gasteiger partial charge is 0.345 e. The monoisotopic (exact) mass is 239 g/mol. The Morgan fingerprint density at radius 2 is 2.19 bits per heavy atom. The molecule has 2 rings (SSSR count). The van der Waals surface area contributed by atoms with Crippen LogP contribution in [0.5, 0.6) is 0 Å². The van der Waals surface area contributed by atoms with Gasteiger partial charge in [0, 0.05) is 0 Å². The van der Waals surface area contributed by atoms with E-state index in [-0.39, 0.29) is 10.4 Å². The second-order valence-electron chi connectivity index (χ2n) is 4.60. The molecular weight excluding hydrogens is 226 g/mol. The maximum Gasteiger partial charge on any atom is 0.345 e. The van der Waals surface area contributed by atoms with Crippen molar-refractivity contribution in [1.82, 2.24) is 9.78 Å². The van der Waals surface area contributed by atoms with Crippen molar-refractivity contribution in [3.05, 3.63) is 10.9 Å². The van der Waals surface area contributed by atoms with E-state index in [0.29, 0.717) is 5.82 Å². The summed E-state index contributed by atoms with van der Waals surface area (Å²) < 4.78 is 1.77. The van der Waals surface area contributed by atoms with Crippen molar-refractivity contribution in [2.24, 2.45) is 0 Å².